The van der Waals surface area contributed by atoms with Gasteiger partial charge in [-0.25, -0.2) is 13.2 Å². The van der Waals surface area contributed by atoms with Gasteiger partial charge in [-0.05, 0) is 29.8 Å². The molecule has 0 unspecified atom stereocenters. The largest absolute Gasteiger partial charge is 0.374 e. The fraction of sp³-hybridized carbons (Fsp3) is 0.143. The Morgan fingerprint density at radius 3 is 2.48 bits per heavy atom. The molecule has 0 atom stereocenters. The molecular formula is C14H12F3N3O. The Bertz CT molecular complexity index is 635. The van der Waals surface area contributed by atoms with Gasteiger partial charge in [0.2, 0.25) is 5.91 Å². The molecule has 0 aliphatic heterocycles. The van der Waals surface area contributed by atoms with Crippen LogP contribution in [0.3, 0.4) is 0 Å². The van der Waals surface area contributed by atoms with Gasteiger partial charge in [0.05, 0.1) is 12.2 Å². The molecule has 21 heavy (non-hydrogen) atoms. The normalized spacial score (nSPS) is 10.2. The molecule has 0 radical (unpaired) electrons. The first-order valence-corrected chi connectivity index (χ1v) is 6.11. The predicted octanol–water partition coefficient (Wildman–Crippen LogP) is 2.23. The van der Waals surface area contributed by atoms with Crippen molar-refractivity contribution >= 4 is 11.6 Å². The minimum Gasteiger partial charge on any atom is -0.374 e. The zero-order valence-electron chi connectivity index (χ0n) is 10.9. The first-order chi connectivity index (χ1) is 10.1. The number of benzene rings is 1. The standard InChI is InChI=1S/C14H12F3N3O/c15-10-1-2-11(14(17)13(10)16)19-8-12(21)20-7-9-3-5-18-6-4-9/h1-6,19H,7-8H2,(H,20,21). The number of anilines is 1. The number of pyridine rings is 1. The third-order valence-electron chi connectivity index (χ3n) is 2.71. The first kappa shape index (κ1) is 14.8. The van der Waals surface area contributed by atoms with Crippen LogP contribution < -0.4 is 10.6 Å². The van der Waals surface area contributed by atoms with Gasteiger partial charge < -0.3 is 10.6 Å². The smallest absolute Gasteiger partial charge is 0.239 e. The van der Waals surface area contributed by atoms with Crippen LogP contribution in [0.15, 0.2) is 36.7 Å². The number of hydrogen-bond donors (Lipinski definition) is 2. The molecule has 1 aromatic heterocycles. The first-order valence-electron chi connectivity index (χ1n) is 6.11. The average molecular weight is 295 g/mol. The van der Waals surface area contributed by atoms with Gasteiger partial charge in [0.15, 0.2) is 17.5 Å². The minimum absolute atomic E-state index is 0.257. The van der Waals surface area contributed by atoms with Crippen molar-refractivity contribution < 1.29 is 18.0 Å². The summed E-state index contributed by atoms with van der Waals surface area (Å²) in [6, 6.07) is 5.30. The van der Waals surface area contributed by atoms with Crippen LogP contribution in [0.5, 0.6) is 0 Å². The maximum Gasteiger partial charge on any atom is 0.239 e. The Hall–Kier alpha value is -2.57. The van der Waals surface area contributed by atoms with Gasteiger partial charge in [0.25, 0.3) is 0 Å². The lowest BCUT2D eigenvalue weighted by atomic mass is 10.2. The highest BCUT2D eigenvalue weighted by atomic mass is 19.2. The van der Waals surface area contributed by atoms with Gasteiger partial charge >= 0.3 is 0 Å². The fourth-order valence-corrected chi connectivity index (χ4v) is 1.60. The van der Waals surface area contributed by atoms with Crippen LogP contribution in [0.2, 0.25) is 0 Å². The highest BCUT2D eigenvalue weighted by molar-refractivity contribution is 5.80. The van der Waals surface area contributed by atoms with E-state index in [1.807, 2.05) is 0 Å². The van der Waals surface area contributed by atoms with Crippen LogP contribution in [-0.4, -0.2) is 17.4 Å². The van der Waals surface area contributed by atoms with E-state index in [1.54, 1.807) is 24.5 Å². The number of nitrogens with one attached hydrogen (secondary N) is 2. The van der Waals surface area contributed by atoms with Gasteiger partial charge in [0, 0.05) is 18.9 Å². The number of aromatic nitrogens is 1. The third-order valence-corrected chi connectivity index (χ3v) is 2.71. The summed E-state index contributed by atoms with van der Waals surface area (Å²) >= 11 is 0. The number of amides is 1. The van der Waals surface area contributed by atoms with E-state index in [9.17, 15) is 18.0 Å². The highest BCUT2D eigenvalue weighted by Gasteiger charge is 2.13. The van der Waals surface area contributed by atoms with Crippen molar-refractivity contribution in [1.29, 1.82) is 0 Å². The van der Waals surface area contributed by atoms with E-state index in [4.69, 9.17) is 0 Å². The summed E-state index contributed by atoms with van der Waals surface area (Å²) in [4.78, 5) is 15.4. The molecule has 110 valence electrons. The van der Waals surface area contributed by atoms with Crippen molar-refractivity contribution in [2.75, 3.05) is 11.9 Å². The van der Waals surface area contributed by atoms with Gasteiger partial charge in [-0.3, -0.25) is 9.78 Å². The lowest BCUT2D eigenvalue weighted by Gasteiger charge is -2.09. The molecule has 7 heteroatoms. The van der Waals surface area contributed by atoms with Gasteiger partial charge in [-0.2, -0.15) is 0 Å². The SMILES string of the molecule is O=C(CNc1ccc(F)c(F)c1F)NCc1ccncc1. The minimum atomic E-state index is -1.57. The molecule has 2 rings (SSSR count). The molecule has 0 saturated heterocycles. The van der Waals surface area contributed by atoms with Crippen LogP contribution in [-0.2, 0) is 11.3 Å². The van der Waals surface area contributed by atoms with Crippen LogP contribution in [0.1, 0.15) is 5.56 Å². The molecule has 1 aromatic carbocycles. The van der Waals surface area contributed by atoms with E-state index >= 15 is 0 Å². The summed E-state index contributed by atoms with van der Waals surface area (Å²) in [5, 5.41) is 5.01. The molecule has 1 heterocycles. The Morgan fingerprint density at radius 2 is 1.76 bits per heavy atom. The number of rotatable bonds is 5. The maximum atomic E-state index is 13.3. The third kappa shape index (κ3) is 3.95. The summed E-state index contributed by atoms with van der Waals surface area (Å²) in [5.74, 6) is -4.61. The van der Waals surface area contributed by atoms with Crippen LogP contribution in [0.25, 0.3) is 0 Å². The number of nitrogens with zero attached hydrogens (tertiary/aromatic N) is 1. The van der Waals surface area contributed by atoms with Crippen molar-refractivity contribution in [2.45, 2.75) is 6.54 Å². The lowest BCUT2D eigenvalue weighted by Crippen LogP contribution is -2.29. The molecule has 1 amide bonds. The Balaban J connectivity index is 1.86. The van der Waals surface area contributed by atoms with Crippen molar-refractivity contribution in [3.05, 3.63) is 59.7 Å². The van der Waals surface area contributed by atoms with Crippen LogP contribution in [0, 0.1) is 17.5 Å². The molecule has 2 aromatic rings. The molecule has 0 spiro atoms. The summed E-state index contributed by atoms with van der Waals surface area (Å²) in [6.07, 6.45) is 3.19. The second-order valence-corrected chi connectivity index (χ2v) is 4.21. The maximum absolute atomic E-state index is 13.3. The molecule has 4 nitrogen and oxygen atoms in total. The van der Waals surface area contributed by atoms with E-state index < -0.39 is 23.4 Å². The molecule has 0 aliphatic rings. The summed E-state index contributed by atoms with van der Waals surface area (Å²) in [5.41, 5.74) is 0.588. The summed E-state index contributed by atoms with van der Waals surface area (Å²) in [6.45, 7) is 0.0381. The molecular weight excluding hydrogens is 283 g/mol. The zero-order chi connectivity index (χ0) is 15.2. The topological polar surface area (TPSA) is 54.0 Å². The lowest BCUT2D eigenvalue weighted by molar-refractivity contribution is -0.119. The molecule has 0 fully saturated rings. The summed E-state index contributed by atoms with van der Waals surface area (Å²) < 4.78 is 39.1. The number of carbonyl (C=O) groups excluding carboxylic acids is 1. The van der Waals surface area contributed by atoms with E-state index in [0.29, 0.717) is 6.54 Å². The van der Waals surface area contributed by atoms with E-state index in [-0.39, 0.29) is 12.2 Å². The Kier molecular flexibility index (Phi) is 4.76. The van der Waals surface area contributed by atoms with E-state index in [1.165, 1.54) is 0 Å². The van der Waals surface area contributed by atoms with Gasteiger partial charge in [0.1, 0.15) is 0 Å². The van der Waals surface area contributed by atoms with Crippen LogP contribution >= 0.6 is 0 Å². The fourth-order valence-electron chi connectivity index (χ4n) is 1.60. The van der Waals surface area contributed by atoms with Crippen molar-refractivity contribution in [3.63, 3.8) is 0 Å². The zero-order valence-corrected chi connectivity index (χ0v) is 10.9. The quantitative estimate of drug-likeness (QED) is 0.832. The van der Waals surface area contributed by atoms with E-state index in [0.717, 1.165) is 17.7 Å². The molecule has 2 N–H and O–H groups in total. The number of halogens is 3. The van der Waals surface area contributed by atoms with E-state index in [2.05, 4.69) is 15.6 Å². The van der Waals surface area contributed by atoms with Crippen molar-refractivity contribution in [3.8, 4) is 0 Å². The predicted molar refractivity (Wildman–Crippen MR) is 70.9 cm³/mol. The summed E-state index contributed by atoms with van der Waals surface area (Å²) in [7, 11) is 0. The second-order valence-electron chi connectivity index (χ2n) is 4.21. The van der Waals surface area contributed by atoms with Gasteiger partial charge in [-0.15, -0.1) is 0 Å². The van der Waals surface area contributed by atoms with Gasteiger partial charge in [-0.1, -0.05) is 0 Å². The molecule has 0 bridgehead atoms. The Labute approximate surface area is 119 Å². The highest BCUT2D eigenvalue weighted by Crippen LogP contribution is 2.19. The molecule has 0 saturated carbocycles. The average Bonchev–Trinajstić information content (AvgIpc) is 2.51. The monoisotopic (exact) mass is 295 g/mol. The second kappa shape index (κ2) is 6.74. The number of carbonyl (C=O) groups is 1. The van der Waals surface area contributed by atoms with Crippen molar-refractivity contribution in [1.82, 2.24) is 10.3 Å². The Morgan fingerprint density at radius 1 is 1.05 bits per heavy atom. The van der Waals surface area contributed by atoms with Crippen LogP contribution in [0.4, 0.5) is 18.9 Å². The molecule has 0 aliphatic carbocycles. The number of hydrogen-bond acceptors (Lipinski definition) is 3. The van der Waals surface area contributed by atoms with Crippen molar-refractivity contribution in [2.24, 2.45) is 0 Å².